The quantitative estimate of drug-likeness (QED) is 0.182. The first kappa shape index (κ1) is 25.3. The van der Waals surface area contributed by atoms with Crippen molar-refractivity contribution in [1.29, 1.82) is 0 Å². The average Bonchev–Trinajstić information content (AvgIpc) is 3.56. The molecule has 4 rings (SSSR count). The molecular formula is C26H16N2O10. The summed E-state index contributed by atoms with van der Waals surface area (Å²) in [6, 6.07) is 13.3. The summed E-state index contributed by atoms with van der Waals surface area (Å²) in [6.07, 6.45) is 2.52. The maximum Gasteiger partial charge on any atom is 0.335 e. The van der Waals surface area contributed by atoms with Crippen molar-refractivity contribution in [1.82, 2.24) is 0 Å². The number of rotatable bonds is 9. The van der Waals surface area contributed by atoms with Gasteiger partial charge >= 0.3 is 23.9 Å². The number of carboxylic acid groups (broad SMARTS) is 4. The zero-order valence-corrected chi connectivity index (χ0v) is 19.1. The normalized spacial score (nSPS) is 11.3. The molecule has 0 amide bonds. The summed E-state index contributed by atoms with van der Waals surface area (Å²) in [4.78, 5) is 45.2. The van der Waals surface area contributed by atoms with E-state index in [1.165, 1.54) is 61.0 Å². The molecule has 38 heavy (non-hydrogen) atoms. The van der Waals surface area contributed by atoms with Crippen LogP contribution in [0.4, 0.5) is 0 Å². The van der Waals surface area contributed by atoms with Gasteiger partial charge in [0.2, 0.25) is 0 Å². The lowest BCUT2D eigenvalue weighted by atomic mass is 10.0. The molecule has 0 aliphatic carbocycles. The van der Waals surface area contributed by atoms with Crippen LogP contribution in [-0.4, -0.2) is 56.7 Å². The van der Waals surface area contributed by atoms with Gasteiger partial charge in [-0.05, 0) is 60.7 Å². The van der Waals surface area contributed by atoms with Crippen molar-refractivity contribution >= 4 is 36.3 Å². The van der Waals surface area contributed by atoms with E-state index in [9.17, 15) is 39.6 Å². The topological polar surface area (TPSA) is 200 Å². The first-order valence-electron chi connectivity index (χ1n) is 10.6. The van der Waals surface area contributed by atoms with E-state index in [2.05, 4.69) is 10.2 Å². The minimum absolute atomic E-state index is 0.206. The number of hydrogen-bond donors (Lipinski definition) is 4. The van der Waals surface area contributed by atoms with Crippen molar-refractivity contribution in [2.45, 2.75) is 0 Å². The number of aromatic carboxylic acids is 4. The molecule has 0 bridgehead atoms. The van der Waals surface area contributed by atoms with Crippen LogP contribution in [0.15, 0.2) is 79.7 Å². The van der Waals surface area contributed by atoms with Crippen LogP contribution in [0.25, 0.3) is 22.6 Å². The van der Waals surface area contributed by atoms with Crippen LogP contribution in [0.3, 0.4) is 0 Å². The van der Waals surface area contributed by atoms with Crippen LogP contribution in [0.5, 0.6) is 0 Å². The minimum atomic E-state index is -1.28. The third kappa shape index (κ3) is 5.71. The summed E-state index contributed by atoms with van der Waals surface area (Å²) in [5.41, 5.74) is -0.311. The van der Waals surface area contributed by atoms with Crippen molar-refractivity contribution in [3.05, 3.63) is 94.4 Å². The van der Waals surface area contributed by atoms with Gasteiger partial charge in [0.15, 0.2) is 0 Å². The van der Waals surface area contributed by atoms with Gasteiger partial charge in [0.05, 0.1) is 34.7 Å². The van der Waals surface area contributed by atoms with Crippen LogP contribution >= 0.6 is 0 Å². The van der Waals surface area contributed by atoms with Crippen LogP contribution in [0, 0.1) is 0 Å². The highest BCUT2D eigenvalue weighted by molar-refractivity contribution is 5.97. The Morgan fingerprint density at radius 1 is 0.526 bits per heavy atom. The van der Waals surface area contributed by atoms with Crippen molar-refractivity contribution in [2.75, 3.05) is 0 Å². The average molecular weight is 516 g/mol. The molecule has 2 heterocycles. The fourth-order valence-corrected chi connectivity index (χ4v) is 3.37. The summed E-state index contributed by atoms with van der Waals surface area (Å²) in [6.45, 7) is 0. The second kappa shape index (κ2) is 10.5. The molecule has 0 atom stereocenters. The first-order chi connectivity index (χ1) is 18.1. The molecule has 0 radical (unpaired) electrons. The lowest BCUT2D eigenvalue weighted by molar-refractivity contribution is 0.0676. The smallest absolute Gasteiger partial charge is 0.335 e. The van der Waals surface area contributed by atoms with E-state index >= 15 is 0 Å². The summed E-state index contributed by atoms with van der Waals surface area (Å²) >= 11 is 0. The zero-order valence-electron chi connectivity index (χ0n) is 19.1. The third-order valence-corrected chi connectivity index (χ3v) is 5.11. The van der Waals surface area contributed by atoms with Gasteiger partial charge in [-0.15, -0.1) is 0 Å². The molecule has 0 fully saturated rings. The molecule has 0 saturated heterocycles. The fourth-order valence-electron chi connectivity index (χ4n) is 3.37. The Morgan fingerprint density at radius 2 is 0.842 bits per heavy atom. The summed E-state index contributed by atoms with van der Waals surface area (Å²) in [5.74, 6) is -4.18. The standard InChI is InChI=1S/C26H16N2O10/c29-23(30)15-5-13(6-16(9-15)24(31)32)21-3-1-19(37-21)11-27-28-12-20-2-4-22(38-20)14-7-17(25(33)34)10-18(8-14)26(35)36/h1-12H,(H,29,30)(H,31,32)(H,33,34)(H,35,36)/b27-11+,28-12+. The van der Waals surface area contributed by atoms with E-state index in [-0.39, 0.29) is 56.4 Å². The molecule has 0 spiro atoms. The van der Waals surface area contributed by atoms with Gasteiger partial charge in [0.25, 0.3) is 0 Å². The monoisotopic (exact) mass is 516 g/mol. The van der Waals surface area contributed by atoms with Crippen LogP contribution in [-0.2, 0) is 0 Å². The Morgan fingerprint density at radius 3 is 1.13 bits per heavy atom. The molecule has 190 valence electrons. The molecule has 2 aromatic heterocycles. The van der Waals surface area contributed by atoms with Crippen molar-refractivity contribution in [2.24, 2.45) is 10.2 Å². The second-order valence-electron chi connectivity index (χ2n) is 7.71. The first-order valence-corrected chi connectivity index (χ1v) is 10.6. The Kier molecular flexibility index (Phi) is 6.97. The number of benzene rings is 2. The molecule has 12 nitrogen and oxygen atoms in total. The maximum atomic E-state index is 11.3. The molecule has 0 aliphatic rings. The van der Waals surface area contributed by atoms with E-state index in [1.54, 1.807) is 0 Å². The van der Waals surface area contributed by atoms with Crippen molar-refractivity contribution in [3.8, 4) is 22.6 Å². The van der Waals surface area contributed by atoms with E-state index in [0.29, 0.717) is 0 Å². The molecular weight excluding hydrogens is 500 g/mol. The van der Waals surface area contributed by atoms with Gasteiger partial charge in [-0.25, -0.2) is 19.2 Å². The SMILES string of the molecule is O=C(O)c1cc(C(=O)O)cc(-c2ccc(/C=N/N=C/c3ccc(-c4cc(C(=O)O)cc(C(=O)O)c4)o3)o2)c1. The number of furan rings is 2. The molecule has 0 aliphatic heterocycles. The highest BCUT2D eigenvalue weighted by Crippen LogP contribution is 2.26. The Labute approximate surface area is 212 Å². The predicted octanol–water partition coefficient (Wildman–Crippen LogP) is 4.45. The highest BCUT2D eigenvalue weighted by atomic mass is 16.4. The molecule has 4 aromatic rings. The zero-order chi connectivity index (χ0) is 27.4. The van der Waals surface area contributed by atoms with Gasteiger partial charge in [-0.1, -0.05) is 0 Å². The highest BCUT2D eigenvalue weighted by Gasteiger charge is 2.15. The number of nitrogens with zero attached hydrogens (tertiary/aromatic N) is 2. The third-order valence-electron chi connectivity index (χ3n) is 5.11. The molecule has 0 saturated carbocycles. The Balaban J connectivity index is 1.50. The van der Waals surface area contributed by atoms with Gasteiger partial charge in [-0.2, -0.15) is 10.2 Å². The molecule has 0 unspecified atom stereocenters. The predicted molar refractivity (Wildman–Crippen MR) is 131 cm³/mol. The maximum absolute atomic E-state index is 11.3. The molecule has 2 aromatic carbocycles. The van der Waals surface area contributed by atoms with Crippen molar-refractivity contribution in [3.63, 3.8) is 0 Å². The summed E-state index contributed by atoms with van der Waals surface area (Å²) in [7, 11) is 0. The van der Waals surface area contributed by atoms with E-state index in [0.717, 1.165) is 12.1 Å². The molecule has 4 N–H and O–H groups in total. The van der Waals surface area contributed by atoms with E-state index in [4.69, 9.17) is 8.83 Å². The van der Waals surface area contributed by atoms with E-state index in [1.807, 2.05) is 0 Å². The van der Waals surface area contributed by atoms with Crippen molar-refractivity contribution < 1.29 is 48.4 Å². The van der Waals surface area contributed by atoms with Gasteiger partial charge in [-0.3, -0.25) is 0 Å². The van der Waals surface area contributed by atoms with Gasteiger partial charge in [0.1, 0.15) is 23.0 Å². The second-order valence-corrected chi connectivity index (χ2v) is 7.71. The number of hydrogen-bond acceptors (Lipinski definition) is 8. The molecule has 12 heteroatoms. The minimum Gasteiger partial charge on any atom is -0.478 e. The lowest BCUT2D eigenvalue weighted by Crippen LogP contribution is -2.02. The van der Waals surface area contributed by atoms with E-state index < -0.39 is 23.9 Å². The van der Waals surface area contributed by atoms with Gasteiger partial charge < -0.3 is 29.3 Å². The summed E-state index contributed by atoms with van der Waals surface area (Å²) < 4.78 is 11.2. The van der Waals surface area contributed by atoms with Crippen LogP contribution in [0.2, 0.25) is 0 Å². The van der Waals surface area contributed by atoms with Crippen LogP contribution in [0.1, 0.15) is 53.0 Å². The largest absolute Gasteiger partial charge is 0.478 e. The Hall–Kier alpha value is -5.78. The summed E-state index contributed by atoms with van der Waals surface area (Å²) in [5, 5.41) is 44.6. The van der Waals surface area contributed by atoms with Gasteiger partial charge in [0, 0.05) is 11.1 Å². The lowest BCUT2D eigenvalue weighted by Gasteiger charge is -2.03. The number of carbonyl (C=O) groups is 4. The number of carboxylic acids is 4. The Bertz CT molecular complexity index is 1450. The fraction of sp³-hybridized carbons (Fsp3) is 0. The van der Waals surface area contributed by atoms with Crippen LogP contribution < -0.4 is 0 Å².